The lowest BCUT2D eigenvalue weighted by Gasteiger charge is -2.36. The van der Waals surface area contributed by atoms with Gasteiger partial charge in [-0.25, -0.2) is 14.8 Å². The van der Waals surface area contributed by atoms with Crippen molar-refractivity contribution >= 4 is 23.4 Å². The number of carbonyl (C=O) groups excluding carboxylic acids is 1. The SMILES string of the molecule is CCc1cnn2c(NCc3ccc(OCCOC4CCN(C(=O)OC(C)(C)C)CC4)nc3)cc(N3CCCC[C@H]3CCO)nc12. The van der Waals surface area contributed by atoms with Gasteiger partial charge in [0.05, 0.1) is 18.9 Å². The number of nitrogens with one attached hydrogen (secondary N) is 1. The Morgan fingerprint density at radius 1 is 1.09 bits per heavy atom. The van der Waals surface area contributed by atoms with Gasteiger partial charge in [0.2, 0.25) is 5.88 Å². The number of rotatable bonds is 12. The van der Waals surface area contributed by atoms with Crippen LogP contribution >= 0.6 is 0 Å². The first-order chi connectivity index (χ1) is 21.7. The standard InChI is InChI=1S/C33H49N7O5/c1-5-25-23-36-40-28(20-29(37-31(25)40)39-14-7-6-8-26(39)13-17-41)34-21-24-9-10-30(35-22-24)44-19-18-43-27-11-15-38(16-12-27)32(42)45-33(2,3)4/h9-10,20,22-23,26-27,34,41H,5-8,11-19,21H2,1-4H3/t26-/m0/s1. The van der Waals surface area contributed by atoms with Crippen molar-refractivity contribution < 1.29 is 24.1 Å². The third kappa shape index (κ3) is 8.76. The molecule has 2 fully saturated rings. The van der Waals surface area contributed by atoms with Gasteiger partial charge in [-0.15, -0.1) is 0 Å². The largest absolute Gasteiger partial charge is 0.475 e. The van der Waals surface area contributed by atoms with E-state index in [0.717, 1.165) is 73.5 Å². The molecule has 3 aromatic heterocycles. The van der Waals surface area contributed by atoms with E-state index in [2.05, 4.69) is 33.3 Å². The topological polar surface area (TPSA) is 127 Å². The molecular formula is C33H49N7O5. The summed E-state index contributed by atoms with van der Waals surface area (Å²) in [7, 11) is 0. The predicted octanol–water partition coefficient (Wildman–Crippen LogP) is 4.84. The van der Waals surface area contributed by atoms with Gasteiger partial charge in [0.25, 0.3) is 0 Å². The summed E-state index contributed by atoms with van der Waals surface area (Å²) in [6.07, 6.45) is 10.1. The summed E-state index contributed by atoms with van der Waals surface area (Å²) in [6.45, 7) is 11.6. The lowest BCUT2D eigenvalue weighted by molar-refractivity contribution is -0.0179. The second-order valence-corrected chi connectivity index (χ2v) is 12.9. The number of nitrogens with zero attached hydrogens (tertiary/aromatic N) is 6. The third-order valence-electron chi connectivity index (χ3n) is 8.35. The zero-order valence-corrected chi connectivity index (χ0v) is 27.2. The smallest absolute Gasteiger partial charge is 0.410 e. The van der Waals surface area contributed by atoms with Crippen LogP contribution in [0.4, 0.5) is 16.4 Å². The molecule has 3 aromatic rings. The monoisotopic (exact) mass is 623 g/mol. The Hall–Kier alpha value is -3.64. The van der Waals surface area contributed by atoms with Crippen molar-refractivity contribution in [2.45, 2.75) is 96.9 Å². The molecule has 0 saturated carbocycles. The van der Waals surface area contributed by atoms with Crippen LogP contribution in [0.3, 0.4) is 0 Å². The quantitative estimate of drug-likeness (QED) is 0.271. The minimum absolute atomic E-state index is 0.104. The molecule has 0 aromatic carbocycles. The van der Waals surface area contributed by atoms with Gasteiger partial charge in [-0.3, -0.25) is 0 Å². The van der Waals surface area contributed by atoms with E-state index >= 15 is 0 Å². The molecular weight excluding hydrogens is 574 g/mol. The number of ether oxygens (including phenoxy) is 3. The molecule has 1 atom stereocenters. The Morgan fingerprint density at radius 3 is 2.62 bits per heavy atom. The average molecular weight is 624 g/mol. The van der Waals surface area contributed by atoms with Crippen molar-refractivity contribution in [3.63, 3.8) is 0 Å². The van der Waals surface area contributed by atoms with Crippen molar-refractivity contribution in [2.75, 3.05) is 49.7 Å². The first-order valence-corrected chi connectivity index (χ1v) is 16.4. The highest BCUT2D eigenvalue weighted by atomic mass is 16.6. The number of fused-ring (bicyclic) bond motifs is 1. The van der Waals surface area contributed by atoms with Crippen molar-refractivity contribution in [3.05, 3.63) is 41.7 Å². The molecule has 0 bridgehead atoms. The van der Waals surface area contributed by atoms with Gasteiger partial charge < -0.3 is 34.4 Å². The molecule has 0 spiro atoms. The van der Waals surface area contributed by atoms with Crippen LogP contribution in [-0.2, 0) is 22.4 Å². The summed E-state index contributed by atoms with van der Waals surface area (Å²) in [5, 5.41) is 17.8. The minimum atomic E-state index is -0.488. The zero-order chi connectivity index (χ0) is 31.8. The maximum atomic E-state index is 12.3. The maximum Gasteiger partial charge on any atom is 0.410 e. The van der Waals surface area contributed by atoms with Gasteiger partial charge in [0.15, 0.2) is 5.65 Å². The molecule has 1 amide bonds. The number of pyridine rings is 1. The fraction of sp³-hybridized carbons (Fsp3) is 0.636. The third-order valence-corrected chi connectivity index (χ3v) is 8.35. The Labute approximate surface area is 266 Å². The molecule has 2 saturated heterocycles. The highest BCUT2D eigenvalue weighted by Crippen LogP contribution is 2.29. The van der Waals surface area contributed by atoms with Gasteiger partial charge in [0, 0.05) is 62.7 Å². The molecule has 0 radical (unpaired) electrons. The molecule has 5 rings (SSSR count). The number of aryl methyl sites for hydroxylation is 1. The Balaban J connectivity index is 1.11. The van der Waals surface area contributed by atoms with Crippen LogP contribution in [0.2, 0.25) is 0 Å². The fourth-order valence-corrected chi connectivity index (χ4v) is 5.96. The van der Waals surface area contributed by atoms with E-state index < -0.39 is 5.60 Å². The summed E-state index contributed by atoms with van der Waals surface area (Å²) >= 11 is 0. The van der Waals surface area contributed by atoms with E-state index in [4.69, 9.17) is 19.2 Å². The number of likely N-dealkylation sites (tertiary alicyclic amines) is 1. The van der Waals surface area contributed by atoms with E-state index in [-0.39, 0.29) is 18.8 Å². The van der Waals surface area contributed by atoms with Crippen LogP contribution in [0.25, 0.3) is 5.65 Å². The van der Waals surface area contributed by atoms with Crippen LogP contribution in [0.1, 0.15) is 77.3 Å². The number of hydrogen-bond donors (Lipinski definition) is 2. The lowest BCUT2D eigenvalue weighted by atomic mass is 9.99. The highest BCUT2D eigenvalue weighted by molar-refractivity contribution is 5.68. The molecule has 45 heavy (non-hydrogen) atoms. The fourth-order valence-electron chi connectivity index (χ4n) is 5.96. The van der Waals surface area contributed by atoms with Gasteiger partial charge in [-0.05, 0) is 71.3 Å². The summed E-state index contributed by atoms with van der Waals surface area (Å²) in [4.78, 5) is 25.9. The number of hydrogen-bond acceptors (Lipinski definition) is 10. The number of aliphatic hydroxyl groups is 1. The second-order valence-electron chi connectivity index (χ2n) is 12.9. The lowest BCUT2D eigenvalue weighted by Crippen LogP contribution is -2.43. The Morgan fingerprint density at radius 2 is 1.91 bits per heavy atom. The van der Waals surface area contributed by atoms with Gasteiger partial charge in [-0.2, -0.15) is 9.61 Å². The van der Waals surface area contributed by atoms with Crippen molar-refractivity contribution in [3.8, 4) is 5.88 Å². The molecule has 2 aliphatic heterocycles. The number of amides is 1. The number of carbonyl (C=O) groups is 1. The molecule has 2 aliphatic rings. The number of aliphatic hydroxyl groups excluding tert-OH is 1. The van der Waals surface area contributed by atoms with Crippen LogP contribution in [0, 0.1) is 0 Å². The van der Waals surface area contributed by atoms with Crippen molar-refractivity contribution in [1.29, 1.82) is 0 Å². The van der Waals surface area contributed by atoms with E-state index in [0.29, 0.717) is 44.8 Å². The zero-order valence-electron chi connectivity index (χ0n) is 27.2. The predicted molar refractivity (Wildman–Crippen MR) is 173 cm³/mol. The number of piperidine rings is 2. The minimum Gasteiger partial charge on any atom is -0.475 e. The molecule has 0 aliphatic carbocycles. The second kappa shape index (κ2) is 15.1. The summed E-state index contributed by atoms with van der Waals surface area (Å²) in [6, 6.07) is 6.24. The Bertz CT molecular complexity index is 1380. The number of aromatic nitrogens is 4. The van der Waals surface area contributed by atoms with Crippen molar-refractivity contribution in [2.24, 2.45) is 0 Å². The van der Waals surface area contributed by atoms with Gasteiger partial charge >= 0.3 is 6.09 Å². The molecule has 2 N–H and O–H groups in total. The molecule has 5 heterocycles. The molecule has 12 nitrogen and oxygen atoms in total. The molecule has 12 heteroatoms. The van der Waals surface area contributed by atoms with Gasteiger partial charge in [0.1, 0.15) is 23.8 Å². The summed E-state index contributed by atoms with van der Waals surface area (Å²) in [5.74, 6) is 2.35. The van der Waals surface area contributed by atoms with Gasteiger partial charge in [-0.1, -0.05) is 13.0 Å². The van der Waals surface area contributed by atoms with Crippen LogP contribution in [0.15, 0.2) is 30.6 Å². The summed E-state index contributed by atoms with van der Waals surface area (Å²) < 4.78 is 19.2. The van der Waals surface area contributed by atoms with Crippen molar-refractivity contribution in [1.82, 2.24) is 24.5 Å². The Kier molecular flexibility index (Phi) is 11.0. The molecule has 246 valence electrons. The highest BCUT2D eigenvalue weighted by Gasteiger charge is 2.27. The van der Waals surface area contributed by atoms with E-state index in [1.165, 1.54) is 6.42 Å². The maximum absolute atomic E-state index is 12.3. The first-order valence-electron chi connectivity index (χ1n) is 16.4. The average Bonchev–Trinajstić information content (AvgIpc) is 3.46. The number of anilines is 2. The van der Waals surface area contributed by atoms with E-state index in [9.17, 15) is 9.90 Å². The van der Waals surface area contributed by atoms with E-state index in [1.807, 2.05) is 49.8 Å². The van der Waals surface area contributed by atoms with Crippen LogP contribution in [0.5, 0.6) is 5.88 Å². The normalized spacial score (nSPS) is 17.9. The summed E-state index contributed by atoms with van der Waals surface area (Å²) in [5.41, 5.74) is 2.50. The van der Waals surface area contributed by atoms with Crippen LogP contribution < -0.4 is 15.0 Å². The first kappa shape index (κ1) is 32.7. The molecule has 0 unspecified atom stereocenters. The van der Waals surface area contributed by atoms with E-state index in [1.54, 1.807) is 4.90 Å². The van der Waals surface area contributed by atoms with Crippen LogP contribution in [-0.4, -0.2) is 92.9 Å².